The smallest absolute Gasteiger partial charge is 0.201 e. The van der Waals surface area contributed by atoms with Gasteiger partial charge in [0.05, 0.1) is 5.69 Å². The van der Waals surface area contributed by atoms with Crippen LogP contribution in [0.2, 0.25) is 0 Å². The van der Waals surface area contributed by atoms with Crippen molar-refractivity contribution in [2.24, 2.45) is 0 Å². The number of hydrogen-bond acceptors (Lipinski definition) is 5. The Balaban J connectivity index is 2.26. The third-order valence-corrected chi connectivity index (χ3v) is 2.96. The van der Waals surface area contributed by atoms with Gasteiger partial charge in [-0.05, 0) is 12.1 Å². The van der Waals surface area contributed by atoms with Crippen molar-refractivity contribution in [2.45, 2.75) is 6.29 Å². The fraction of sp³-hybridized carbons (Fsp3) is 0.273. The predicted octanol–water partition coefficient (Wildman–Crippen LogP) is 2.50. The molecule has 84 valence electrons. The third-order valence-electron chi connectivity index (χ3n) is 2.08. The van der Waals surface area contributed by atoms with Gasteiger partial charge < -0.3 is 9.47 Å². The van der Waals surface area contributed by atoms with Gasteiger partial charge in [0.15, 0.2) is 0 Å². The highest BCUT2D eigenvalue weighted by Gasteiger charge is 2.14. The van der Waals surface area contributed by atoms with E-state index in [4.69, 9.17) is 9.47 Å². The van der Waals surface area contributed by atoms with Gasteiger partial charge in [-0.25, -0.2) is 4.98 Å². The number of methoxy groups -OCH3 is 2. The average Bonchev–Trinajstić information content (AvgIpc) is 2.81. The first kappa shape index (κ1) is 11.2. The molecule has 0 atom stereocenters. The molecular formula is C11H12N2O2S. The average molecular weight is 236 g/mol. The van der Waals surface area contributed by atoms with E-state index in [9.17, 15) is 0 Å². The summed E-state index contributed by atoms with van der Waals surface area (Å²) in [7, 11) is 3.18. The van der Waals surface area contributed by atoms with Crippen molar-refractivity contribution in [3.05, 3.63) is 35.5 Å². The summed E-state index contributed by atoms with van der Waals surface area (Å²) in [5, 5.41) is 2.79. The van der Waals surface area contributed by atoms with E-state index < -0.39 is 6.29 Å². The lowest BCUT2D eigenvalue weighted by Gasteiger charge is -2.09. The monoisotopic (exact) mass is 236 g/mol. The van der Waals surface area contributed by atoms with Crippen LogP contribution in [0, 0.1) is 0 Å². The molecule has 0 aromatic carbocycles. The van der Waals surface area contributed by atoms with E-state index in [1.807, 2.05) is 23.6 Å². The van der Waals surface area contributed by atoms with Crippen LogP contribution in [0.4, 0.5) is 0 Å². The van der Waals surface area contributed by atoms with Crippen LogP contribution in [0.1, 0.15) is 12.0 Å². The number of thiazole rings is 1. The third kappa shape index (κ3) is 2.27. The summed E-state index contributed by atoms with van der Waals surface area (Å²) in [4.78, 5) is 8.67. The van der Waals surface area contributed by atoms with Crippen molar-refractivity contribution in [3.8, 4) is 10.7 Å². The van der Waals surface area contributed by atoms with Crippen molar-refractivity contribution < 1.29 is 9.47 Å². The van der Waals surface area contributed by atoms with Crippen LogP contribution in [0.5, 0.6) is 0 Å². The van der Waals surface area contributed by atoms with Crippen LogP contribution < -0.4 is 0 Å². The maximum atomic E-state index is 5.14. The largest absolute Gasteiger partial charge is 0.350 e. The van der Waals surface area contributed by atoms with Gasteiger partial charge >= 0.3 is 0 Å². The molecule has 0 saturated heterocycles. The number of nitrogens with zero attached hydrogens (tertiary/aromatic N) is 2. The van der Waals surface area contributed by atoms with Crippen molar-refractivity contribution in [1.82, 2.24) is 9.97 Å². The van der Waals surface area contributed by atoms with E-state index in [1.165, 1.54) is 11.3 Å². The molecule has 2 aromatic heterocycles. The normalized spacial score (nSPS) is 10.9. The Morgan fingerprint density at radius 2 is 2.06 bits per heavy atom. The number of ether oxygens (including phenoxy) is 2. The standard InChI is InChI=1S/C11H12N2O2S/c1-14-11(15-2)9-7-16-10(13-9)8-5-3-4-6-12-8/h3-7,11H,1-2H3. The highest BCUT2D eigenvalue weighted by atomic mass is 32.1. The first-order valence-electron chi connectivity index (χ1n) is 4.77. The Labute approximate surface area is 97.9 Å². The van der Waals surface area contributed by atoms with Gasteiger partial charge in [-0.2, -0.15) is 0 Å². The molecule has 2 rings (SSSR count). The molecule has 0 radical (unpaired) electrons. The zero-order valence-electron chi connectivity index (χ0n) is 9.08. The number of pyridine rings is 1. The molecule has 0 spiro atoms. The second kappa shape index (κ2) is 5.16. The van der Waals surface area contributed by atoms with Crippen LogP contribution in [0.25, 0.3) is 10.7 Å². The molecule has 5 heteroatoms. The summed E-state index contributed by atoms with van der Waals surface area (Å²) in [5.74, 6) is 0. The molecule has 0 saturated carbocycles. The van der Waals surface area contributed by atoms with Crippen LogP contribution in [0.3, 0.4) is 0 Å². The zero-order valence-corrected chi connectivity index (χ0v) is 9.90. The Morgan fingerprint density at radius 3 is 2.69 bits per heavy atom. The number of hydrogen-bond donors (Lipinski definition) is 0. The van der Waals surface area contributed by atoms with Crippen LogP contribution in [-0.2, 0) is 9.47 Å². The molecule has 0 fully saturated rings. The van der Waals surface area contributed by atoms with Gasteiger partial charge in [-0.15, -0.1) is 11.3 Å². The van der Waals surface area contributed by atoms with E-state index >= 15 is 0 Å². The molecule has 2 aromatic rings. The molecule has 0 bridgehead atoms. The van der Waals surface area contributed by atoms with Gasteiger partial charge in [0.1, 0.15) is 10.7 Å². The summed E-state index contributed by atoms with van der Waals surface area (Å²) in [5.41, 5.74) is 1.64. The summed E-state index contributed by atoms with van der Waals surface area (Å²) in [6.45, 7) is 0. The SMILES string of the molecule is COC(OC)c1csc(-c2ccccn2)n1. The minimum atomic E-state index is -0.409. The molecule has 0 aliphatic rings. The van der Waals surface area contributed by atoms with Crippen molar-refractivity contribution in [3.63, 3.8) is 0 Å². The Morgan fingerprint density at radius 1 is 1.25 bits per heavy atom. The molecule has 0 N–H and O–H groups in total. The quantitative estimate of drug-likeness (QED) is 0.765. The summed E-state index contributed by atoms with van der Waals surface area (Å²) in [6.07, 6.45) is 1.34. The lowest BCUT2D eigenvalue weighted by Crippen LogP contribution is -2.03. The van der Waals surface area contributed by atoms with E-state index in [0.717, 1.165) is 16.4 Å². The molecule has 0 unspecified atom stereocenters. The molecular weight excluding hydrogens is 224 g/mol. The minimum Gasteiger partial charge on any atom is -0.350 e. The predicted molar refractivity (Wildman–Crippen MR) is 62.1 cm³/mol. The first-order valence-corrected chi connectivity index (χ1v) is 5.65. The second-order valence-corrected chi connectivity index (χ2v) is 3.95. The van der Waals surface area contributed by atoms with E-state index in [1.54, 1.807) is 20.4 Å². The Kier molecular flexibility index (Phi) is 3.61. The lowest BCUT2D eigenvalue weighted by molar-refractivity contribution is -0.108. The van der Waals surface area contributed by atoms with E-state index in [-0.39, 0.29) is 0 Å². The van der Waals surface area contributed by atoms with Crippen molar-refractivity contribution in [1.29, 1.82) is 0 Å². The highest BCUT2D eigenvalue weighted by molar-refractivity contribution is 7.13. The topological polar surface area (TPSA) is 44.2 Å². The van der Waals surface area contributed by atoms with Gasteiger partial charge in [0.25, 0.3) is 0 Å². The molecule has 0 aliphatic heterocycles. The van der Waals surface area contributed by atoms with Crippen molar-refractivity contribution >= 4 is 11.3 Å². The van der Waals surface area contributed by atoms with Crippen LogP contribution in [0.15, 0.2) is 29.8 Å². The Bertz CT molecular complexity index is 440. The molecule has 0 aliphatic carbocycles. The molecule has 16 heavy (non-hydrogen) atoms. The zero-order chi connectivity index (χ0) is 11.4. The van der Waals surface area contributed by atoms with E-state index in [0.29, 0.717) is 0 Å². The number of rotatable bonds is 4. The molecule has 2 heterocycles. The minimum absolute atomic E-state index is 0.409. The summed E-state index contributed by atoms with van der Waals surface area (Å²) < 4.78 is 10.3. The second-order valence-electron chi connectivity index (χ2n) is 3.10. The fourth-order valence-corrected chi connectivity index (χ4v) is 2.13. The van der Waals surface area contributed by atoms with Crippen molar-refractivity contribution in [2.75, 3.05) is 14.2 Å². The fourth-order valence-electron chi connectivity index (χ4n) is 1.34. The lowest BCUT2D eigenvalue weighted by atomic mass is 10.3. The maximum absolute atomic E-state index is 5.14. The van der Waals surface area contributed by atoms with Gasteiger partial charge in [0, 0.05) is 25.8 Å². The van der Waals surface area contributed by atoms with Crippen LogP contribution >= 0.6 is 11.3 Å². The van der Waals surface area contributed by atoms with Crippen LogP contribution in [-0.4, -0.2) is 24.2 Å². The molecule has 4 nitrogen and oxygen atoms in total. The Hall–Kier alpha value is -1.30. The molecule has 0 amide bonds. The summed E-state index contributed by atoms with van der Waals surface area (Å²) >= 11 is 1.53. The highest BCUT2D eigenvalue weighted by Crippen LogP contribution is 2.25. The first-order chi connectivity index (χ1) is 7.85. The van der Waals surface area contributed by atoms with Gasteiger partial charge in [-0.3, -0.25) is 4.98 Å². The maximum Gasteiger partial charge on any atom is 0.201 e. The van der Waals surface area contributed by atoms with E-state index in [2.05, 4.69) is 9.97 Å². The summed E-state index contributed by atoms with van der Waals surface area (Å²) in [6, 6.07) is 5.75. The van der Waals surface area contributed by atoms with Gasteiger partial charge in [0.2, 0.25) is 6.29 Å². The van der Waals surface area contributed by atoms with Gasteiger partial charge in [-0.1, -0.05) is 6.07 Å². The number of aromatic nitrogens is 2.